The lowest BCUT2D eigenvalue weighted by Crippen LogP contribution is -2.09. The summed E-state index contributed by atoms with van der Waals surface area (Å²) in [6.07, 6.45) is 0. The fourth-order valence-corrected chi connectivity index (χ4v) is 1.82. The van der Waals surface area contributed by atoms with Crippen LogP contribution in [0.5, 0.6) is 0 Å². The number of nitro groups is 1. The molecule has 0 fully saturated rings. The molecule has 0 aromatic heterocycles. The molecule has 0 aliphatic heterocycles. The van der Waals surface area contributed by atoms with Crippen molar-refractivity contribution in [1.82, 2.24) is 0 Å². The van der Waals surface area contributed by atoms with Crippen LogP contribution in [0.3, 0.4) is 0 Å². The average Bonchev–Trinajstić information content (AvgIpc) is 2.20. The van der Waals surface area contributed by atoms with E-state index >= 15 is 0 Å². The zero-order valence-electron chi connectivity index (χ0n) is 8.20. The lowest BCUT2D eigenvalue weighted by Gasteiger charge is -2.05. The van der Waals surface area contributed by atoms with Crippen LogP contribution in [-0.4, -0.2) is 17.5 Å². The molecule has 0 unspecified atom stereocenters. The monoisotopic (exact) mass is 307 g/mol. The van der Waals surface area contributed by atoms with E-state index in [1.54, 1.807) is 6.92 Å². The van der Waals surface area contributed by atoms with E-state index in [0.717, 1.165) is 0 Å². The van der Waals surface area contributed by atoms with Gasteiger partial charge in [0.05, 0.1) is 21.0 Å². The SMILES string of the molecule is CCOC(=O)c1c(Cl)ccc(Br)c1[N+](=O)[O-]. The van der Waals surface area contributed by atoms with Gasteiger partial charge in [-0.05, 0) is 35.0 Å². The number of benzene rings is 1. The first-order valence-corrected chi connectivity index (χ1v) is 5.45. The molecule has 16 heavy (non-hydrogen) atoms. The van der Waals surface area contributed by atoms with Crippen molar-refractivity contribution in [2.24, 2.45) is 0 Å². The Labute approximate surface area is 105 Å². The van der Waals surface area contributed by atoms with Crippen molar-refractivity contribution in [2.45, 2.75) is 6.92 Å². The van der Waals surface area contributed by atoms with Gasteiger partial charge in [0.25, 0.3) is 5.69 Å². The van der Waals surface area contributed by atoms with Gasteiger partial charge in [0, 0.05) is 0 Å². The van der Waals surface area contributed by atoms with Crippen LogP contribution in [0.15, 0.2) is 16.6 Å². The third-order valence-corrected chi connectivity index (χ3v) is 2.69. The molecule has 5 nitrogen and oxygen atoms in total. The lowest BCUT2D eigenvalue weighted by atomic mass is 10.2. The second kappa shape index (κ2) is 5.27. The first-order chi connectivity index (χ1) is 7.49. The normalized spacial score (nSPS) is 9.94. The Morgan fingerprint density at radius 3 is 2.75 bits per heavy atom. The second-order valence-electron chi connectivity index (χ2n) is 2.73. The molecule has 0 amide bonds. The Morgan fingerprint density at radius 1 is 1.62 bits per heavy atom. The highest BCUT2D eigenvalue weighted by atomic mass is 79.9. The Balaban J connectivity index is 3.40. The lowest BCUT2D eigenvalue weighted by molar-refractivity contribution is -0.386. The van der Waals surface area contributed by atoms with Crippen LogP contribution in [0.4, 0.5) is 5.69 Å². The Bertz CT molecular complexity index is 449. The number of hydrogen-bond donors (Lipinski definition) is 0. The number of nitro benzene ring substituents is 1. The van der Waals surface area contributed by atoms with Crippen LogP contribution in [0.1, 0.15) is 17.3 Å². The van der Waals surface area contributed by atoms with Gasteiger partial charge in [-0.1, -0.05) is 11.6 Å². The molecule has 0 spiro atoms. The van der Waals surface area contributed by atoms with Crippen molar-refractivity contribution < 1.29 is 14.5 Å². The molecule has 0 atom stereocenters. The number of nitrogens with zero attached hydrogens (tertiary/aromatic N) is 1. The first-order valence-electron chi connectivity index (χ1n) is 4.28. The maximum atomic E-state index is 11.5. The summed E-state index contributed by atoms with van der Waals surface area (Å²) in [5.74, 6) is -0.805. The van der Waals surface area contributed by atoms with Crippen molar-refractivity contribution >= 4 is 39.2 Å². The predicted molar refractivity (Wildman–Crippen MR) is 61.8 cm³/mol. The van der Waals surface area contributed by atoms with Gasteiger partial charge in [0.15, 0.2) is 5.56 Å². The summed E-state index contributed by atoms with van der Waals surface area (Å²) in [5, 5.41) is 10.8. The molecule has 0 aliphatic carbocycles. The van der Waals surface area contributed by atoms with E-state index in [4.69, 9.17) is 16.3 Å². The van der Waals surface area contributed by atoms with Crippen molar-refractivity contribution in [2.75, 3.05) is 6.61 Å². The zero-order chi connectivity index (χ0) is 12.3. The summed E-state index contributed by atoms with van der Waals surface area (Å²) in [7, 11) is 0. The fourth-order valence-electron chi connectivity index (χ4n) is 1.12. The molecular formula is C9H7BrClNO4. The van der Waals surface area contributed by atoms with Crippen LogP contribution in [0.2, 0.25) is 5.02 Å². The largest absolute Gasteiger partial charge is 0.462 e. The minimum absolute atomic E-state index is 0.00616. The number of ether oxygens (including phenoxy) is 1. The smallest absolute Gasteiger partial charge is 0.346 e. The molecule has 0 radical (unpaired) electrons. The van der Waals surface area contributed by atoms with E-state index in [9.17, 15) is 14.9 Å². The highest BCUT2D eigenvalue weighted by molar-refractivity contribution is 9.10. The molecule has 86 valence electrons. The average molecular weight is 309 g/mol. The Kier molecular flexibility index (Phi) is 4.26. The summed E-state index contributed by atoms with van der Waals surface area (Å²) in [6.45, 7) is 1.73. The minimum atomic E-state index is -0.805. The van der Waals surface area contributed by atoms with Gasteiger partial charge in [-0.15, -0.1) is 0 Å². The predicted octanol–water partition coefficient (Wildman–Crippen LogP) is 3.19. The van der Waals surface area contributed by atoms with Gasteiger partial charge >= 0.3 is 5.97 Å². The number of hydrogen-bond acceptors (Lipinski definition) is 4. The molecule has 1 aromatic carbocycles. The summed E-state index contributed by atoms with van der Waals surface area (Å²) in [6, 6.07) is 2.80. The van der Waals surface area contributed by atoms with E-state index in [1.165, 1.54) is 12.1 Å². The molecule has 1 aromatic rings. The van der Waals surface area contributed by atoms with Gasteiger partial charge < -0.3 is 4.74 Å². The molecular weight excluding hydrogens is 301 g/mol. The van der Waals surface area contributed by atoms with E-state index in [0.29, 0.717) is 0 Å². The Morgan fingerprint density at radius 2 is 2.25 bits per heavy atom. The van der Waals surface area contributed by atoms with Crippen molar-refractivity contribution in [1.29, 1.82) is 0 Å². The van der Waals surface area contributed by atoms with E-state index in [2.05, 4.69) is 15.9 Å². The number of carbonyl (C=O) groups is 1. The van der Waals surface area contributed by atoms with E-state index in [1.807, 2.05) is 0 Å². The number of esters is 1. The summed E-state index contributed by atoms with van der Waals surface area (Å²) >= 11 is 8.74. The van der Waals surface area contributed by atoms with Crippen LogP contribution in [0, 0.1) is 10.1 Å². The fraction of sp³-hybridized carbons (Fsp3) is 0.222. The highest BCUT2D eigenvalue weighted by Gasteiger charge is 2.27. The van der Waals surface area contributed by atoms with E-state index < -0.39 is 10.9 Å². The van der Waals surface area contributed by atoms with E-state index in [-0.39, 0.29) is 27.4 Å². The van der Waals surface area contributed by atoms with Crippen molar-refractivity contribution in [3.8, 4) is 0 Å². The number of rotatable bonds is 3. The standard InChI is InChI=1S/C9H7BrClNO4/c1-2-16-9(13)7-6(11)4-3-5(10)8(7)12(14)15/h3-4H,2H2,1H3. The highest BCUT2D eigenvalue weighted by Crippen LogP contribution is 2.34. The molecule has 0 heterocycles. The third-order valence-electron chi connectivity index (χ3n) is 1.74. The maximum Gasteiger partial charge on any atom is 0.346 e. The third kappa shape index (κ3) is 2.51. The van der Waals surface area contributed by atoms with Gasteiger partial charge in [0.2, 0.25) is 0 Å². The van der Waals surface area contributed by atoms with Gasteiger partial charge in [-0.2, -0.15) is 0 Å². The molecule has 1 rings (SSSR count). The molecule has 0 aliphatic rings. The zero-order valence-corrected chi connectivity index (χ0v) is 10.5. The molecule has 0 bridgehead atoms. The molecule has 0 saturated carbocycles. The summed E-state index contributed by atoms with van der Waals surface area (Å²) in [4.78, 5) is 21.6. The quantitative estimate of drug-likeness (QED) is 0.488. The van der Waals surface area contributed by atoms with Crippen LogP contribution in [0.25, 0.3) is 0 Å². The minimum Gasteiger partial charge on any atom is -0.462 e. The first kappa shape index (κ1) is 12.9. The summed E-state index contributed by atoms with van der Waals surface area (Å²) < 4.78 is 4.89. The molecule has 7 heteroatoms. The van der Waals surface area contributed by atoms with Crippen molar-refractivity contribution in [3.05, 3.63) is 37.3 Å². The molecule has 0 saturated heterocycles. The summed E-state index contributed by atoms with van der Waals surface area (Å²) in [5.41, 5.74) is -0.617. The maximum absolute atomic E-state index is 11.5. The van der Waals surface area contributed by atoms with Gasteiger partial charge in [0.1, 0.15) is 0 Å². The number of carbonyl (C=O) groups excluding carboxylic acids is 1. The molecule has 0 N–H and O–H groups in total. The van der Waals surface area contributed by atoms with Crippen LogP contribution >= 0.6 is 27.5 Å². The van der Waals surface area contributed by atoms with Gasteiger partial charge in [-0.25, -0.2) is 4.79 Å². The van der Waals surface area contributed by atoms with Crippen LogP contribution < -0.4 is 0 Å². The second-order valence-corrected chi connectivity index (χ2v) is 3.99. The Hall–Kier alpha value is -1.14. The number of halogens is 2. The van der Waals surface area contributed by atoms with Crippen LogP contribution in [-0.2, 0) is 4.74 Å². The van der Waals surface area contributed by atoms with Crippen molar-refractivity contribution in [3.63, 3.8) is 0 Å². The van der Waals surface area contributed by atoms with Gasteiger partial charge in [-0.3, -0.25) is 10.1 Å². The topological polar surface area (TPSA) is 69.4 Å².